The van der Waals surface area contributed by atoms with Crippen molar-refractivity contribution >= 4 is 28.6 Å². The summed E-state index contributed by atoms with van der Waals surface area (Å²) in [6, 6.07) is 8.21. The van der Waals surface area contributed by atoms with E-state index < -0.39 is 5.97 Å². The zero-order chi connectivity index (χ0) is 16.4. The maximum absolute atomic E-state index is 10.8. The fourth-order valence-electron chi connectivity index (χ4n) is 2.69. The standard InChI is InChI=1S/C16H18N4O2S/c1-3-19-9-12(11-7-5-6-8-13(11)19)15-17-18-16(20(15)4-2)23-10-14(21)22/h5-9H,3-4,10H2,1-2H3,(H,21,22). The molecule has 0 bridgehead atoms. The summed E-state index contributed by atoms with van der Waals surface area (Å²) in [6.45, 7) is 5.68. The third kappa shape index (κ3) is 2.84. The van der Waals surface area contributed by atoms with Gasteiger partial charge in [-0.1, -0.05) is 30.0 Å². The van der Waals surface area contributed by atoms with E-state index in [0.717, 1.165) is 28.8 Å². The smallest absolute Gasteiger partial charge is 0.313 e. The number of para-hydroxylation sites is 1. The summed E-state index contributed by atoms with van der Waals surface area (Å²) < 4.78 is 4.15. The number of carbonyl (C=O) groups is 1. The Kier molecular flexibility index (Phi) is 4.38. The minimum absolute atomic E-state index is 0.0190. The van der Waals surface area contributed by atoms with Crippen LogP contribution >= 0.6 is 11.8 Å². The highest BCUT2D eigenvalue weighted by atomic mass is 32.2. The van der Waals surface area contributed by atoms with Crippen LogP contribution in [-0.4, -0.2) is 36.2 Å². The van der Waals surface area contributed by atoms with Crippen LogP contribution < -0.4 is 0 Å². The van der Waals surface area contributed by atoms with E-state index in [2.05, 4.69) is 40.0 Å². The molecule has 1 aromatic carbocycles. The van der Waals surface area contributed by atoms with Crippen molar-refractivity contribution in [2.75, 3.05) is 5.75 Å². The second-order valence-electron chi connectivity index (χ2n) is 5.08. The topological polar surface area (TPSA) is 72.9 Å². The molecule has 23 heavy (non-hydrogen) atoms. The summed E-state index contributed by atoms with van der Waals surface area (Å²) >= 11 is 1.20. The number of aromatic nitrogens is 4. The van der Waals surface area contributed by atoms with Gasteiger partial charge in [-0.25, -0.2) is 0 Å². The van der Waals surface area contributed by atoms with Crippen molar-refractivity contribution in [2.24, 2.45) is 0 Å². The molecule has 0 aliphatic carbocycles. The monoisotopic (exact) mass is 330 g/mol. The molecule has 3 rings (SSSR count). The van der Waals surface area contributed by atoms with Crippen LogP contribution in [0.4, 0.5) is 0 Å². The number of rotatable bonds is 6. The molecule has 0 unspecified atom stereocenters. The van der Waals surface area contributed by atoms with Crippen LogP contribution in [0.1, 0.15) is 13.8 Å². The van der Waals surface area contributed by atoms with Gasteiger partial charge in [0.05, 0.1) is 5.75 Å². The second-order valence-corrected chi connectivity index (χ2v) is 6.02. The first kappa shape index (κ1) is 15.6. The van der Waals surface area contributed by atoms with Crippen molar-refractivity contribution in [3.8, 4) is 11.4 Å². The Hall–Kier alpha value is -2.28. The molecule has 2 heterocycles. The molecule has 2 aromatic heterocycles. The van der Waals surface area contributed by atoms with Crippen molar-refractivity contribution in [1.29, 1.82) is 0 Å². The summed E-state index contributed by atoms with van der Waals surface area (Å²) in [6.07, 6.45) is 2.09. The van der Waals surface area contributed by atoms with E-state index in [4.69, 9.17) is 5.11 Å². The van der Waals surface area contributed by atoms with E-state index in [9.17, 15) is 4.79 Å². The Morgan fingerprint density at radius 2 is 2.00 bits per heavy atom. The molecule has 7 heteroatoms. The van der Waals surface area contributed by atoms with Gasteiger partial charge < -0.3 is 14.2 Å². The largest absolute Gasteiger partial charge is 0.481 e. The van der Waals surface area contributed by atoms with Crippen molar-refractivity contribution in [1.82, 2.24) is 19.3 Å². The molecule has 3 aromatic rings. The summed E-state index contributed by atoms with van der Waals surface area (Å²) in [5.74, 6) is -0.0944. The minimum Gasteiger partial charge on any atom is -0.481 e. The van der Waals surface area contributed by atoms with Gasteiger partial charge in [-0.3, -0.25) is 4.79 Å². The van der Waals surface area contributed by atoms with Crippen molar-refractivity contribution in [3.63, 3.8) is 0 Å². The van der Waals surface area contributed by atoms with Gasteiger partial charge in [0.1, 0.15) is 0 Å². The van der Waals surface area contributed by atoms with Gasteiger partial charge in [0.25, 0.3) is 0 Å². The molecule has 0 aliphatic rings. The van der Waals surface area contributed by atoms with E-state index in [-0.39, 0.29) is 5.75 Å². The summed E-state index contributed by atoms with van der Waals surface area (Å²) in [7, 11) is 0. The second kappa shape index (κ2) is 6.45. The number of thioether (sulfide) groups is 1. The normalized spacial score (nSPS) is 11.2. The van der Waals surface area contributed by atoms with Crippen molar-refractivity contribution in [3.05, 3.63) is 30.5 Å². The summed E-state index contributed by atoms with van der Waals surface area (Å²) in [4.78, 5) is 10.8. The fourth-order valence-corrected chi connectivity index (χ4v) is 3.42. The quantitative estimate of drug-likeness (QED) is 0.703. The first-order chi connectivity index (χ1) is 11.2. The van der Waals surface area contributed by atoms with Crippen LogP contribution in [0.15, 0.2) is 35.6 Å². The van der Waals surface area contributed by atoms with Crippen LogP contribution in [0.25, 0.3) is 22.3 Å². The molecule has 0 saturated carbocycles. The number of carboxylic acids is 1. The SMILES string of the molecule is CCn1c(SCC(=O)O)nnc1-c1cn(CC)c2ccccc12. The zero-order valence-electron chi connectivity index (χ0n) is 13.1. The van der Waals surface area contributed by atoms with Gasteiger partial charge in [0.2, 0.25) is 0 Å². The maximum Gasteiger partial charge on any atom is 0.313 e. The van der Waals surface area contributed by atoms with Gasteiger partial charge in [-0.05, 0) is 19.9 Å². The maximum atomic E-state index is 10.8. The first-order valence-electron chi connectivity index (χ1n) is 7.51. The zero-order valence-corrected chi connectivity index (χ0v) is 13.9. The highest BCUT2D eigenvalue weighted by Gasteiger charge is 2.18. The van der Waals surface area contributed by atoms with Crippen LogP contribution in [0.5, 0.6) is 0 Å². The molecule has 0 radical (unpaired) electrons. The lowest BCUT2D eigenvalue weighted by atomic mass is 10.1. The van der Waals surface area contributed by atoms with E-state index >= 15 is 0 Å². The third-order valence-corrected chi connectivity index (χ3v) is 4.68. The molecule has 0 spiro atoms. The highest BCUT2D eigenvalue weighted by molar-refractivity contribution is 7.99. The number of carboxylic acid groups (broad SMARTS) is 1. The van der Waals surface area contributed by atoms with Gasteiger partial charge in [0.15, 0.2) is 11.0 Å². The molecule has 1 N–H and O–H groups in total. The lowest BCUT2D eigenvalue weighted by Crippen LogP contribution is -2.03. The predicted molar refractivity (Wildman–Crippen MR) is 90.7 cm³/mol. The highest BCUT2D eigenvalue weighted by Crippen LogP contribution is 2.31. The Bertz CT molecular complexity index is 853. The van der Waals surface area contributed by atoms with Crippen LogP contribution in [0.2, 0.25) is 0 Å². The average Bonchev–Trinajstić information content (AvgIpc) is 3.13. The van der Waals surface area contributed by atoms with Gasteiger partial charge in [-0.15, -0.1) is 10.2 Å². The van der Waals surface area contributed by atoms with E-state index in [0.29, 0.717) is 11.7 Å². The number of aliphatic carboxylic acids is 1. The molecule has 0 fully saturated rings. The number of hydrogen-bond donors (Lipinski definition) is 1. The van der Waals surface area contributed by atoms with E-state index in [1.807, 2.05) is 23.6 Å². The predicted octanol–water partition coefficient (Wildman–Crippen LogP) is 3.12. The fraction of sp³-hybridized carbons (Fsp3) is 0.312. The molecule has 0 saturated heterocycles. The average molecular weight is 330 g/mol. The Morgan fingerprint density at radius 3 is 2.70 bits per heavy atom. The van der Waals surface area contributed by atoms with Crippen LogP contribution in [-0.2, 0) is 17.9 Å². The third-order valence-electron chi connectivity index (χ3n) is 3.73. The number of hydrogen-bond acceptors (Lipinski definition) is 4. The van der Waals surface area contributed by atoms with Gasteiger partial charge in [0, 0.05) is 35.8 Å². The Morgan fingerprint density at radius 1 is 1.22 bits per heavy atom. The van der Waals surface area contributed by atoms with E-state index in [1.54, 1.807) is 0 Å². The number of nitrogens with zero attached hydrogens (tertiary/aromatic N) is 4. The van der Waals surface area contributed by atoms with Crippen molar-refractivity contribution < 1.29 is 9.90 Å². The Labute approximate surface area is 138 Å². The molecular formula is C16H18N4O2S. The molecular weight excluding hydrogens is 312 g/mol. The minimum atomic E-state index is -0.857. The van der Waals surface area contributed by atoms with Gasteiger partial charge >= 0.3 is 5.97 Å². The number of aryl methyl sites for hydroxylation is 1. The first-order valence-corrected chi connectivity index (χ1v) is 8.50. The number of benzene rings is 1. The molecule has 120 valence electrons. The van der Waals surface area contributed by atoms with Gasteiger partial charge in [-0.2, -0.15) is 0 Å². The number of fused-ring (bicyclic) bond motifs is 1. The lowest BCUT2D eigenvalue weighted by molar-refractivity contribution is -0.133. The molecule has 6 nitrogen and oxygen atoms in total. The lowest BCUT2D eigenvalue weighted by Gasteiger charge is -2.05. The summed E-state index contributed by atoms with van der Waals surface area (Å²) in [5, 5.41) is 19.1. The molecule has 0 atom stereocenters. The van der Waals surface area contributed by atoms with Crippen LogP contribution in [0, 0.1) is 0 Å². The van der Waals surface area contributed by atoms with Crippen molar-refractivity contribution in [2.45, 2.75) is 32.1 Å². The Balaban J connectivity index is 2.10. The molecule has 0 amide bonds. The van der Waals surface area contributed by atoms with Crippen LogP contribution in [0.3, 0.4) is 0 Å². The summed E-state index contributed by atoms with van der Waals surface area (Å²) in [5.41, 5.74) is 2.19. The molecule has 0 aliphatic heterocycles. The van der Waals surface area contributed by atoms with E-state index in [1.165, 1.54) is 11.8 Å².